The van der Waals surface area contributed by atoms with E-state index in [1.54, 1.807) is 22.9 Å². The average molecular weight is 373 g/mol. The van der Waals surface area contributed by atoms with E-state index >= 15 is 0 Å². The number of ether oxygens (including phenoxy) is 2. The Balaban J connectivity index is 1.64. The van der Waals surface area contributed by atoms with E-state index < -0.39 is 0 Å². The van der Waals surface area contributed by atoms with E-state index in [9.17, 15) is 4.79 Å². The van der Waals surface area contributed by atoms with Gasteiger partial charge in [-0.05, 0) is 13.0 Å². The lowest BCUT2D eigenvalue weighted by Crippen LogP contribution is -2.13. The summed E-state index contributed by atoms with van der Waals surface area (Å²) in [5.74, 6) is 0.845. The molecule has 0 saturated carbocycles. The van der Waals surface area contributed by atoms with E-state index in [1.165, 1.54) is 6.20 Å². The fourth-order valence-electron chi connectivity index (χ4n) is 2.91. The Morgan fingerprint density at radius 2 is 1.96 bits per heavy atom. The second-order valence-electron chi connectivity index (χ2n) is 6.09. The van der Waals surface area contributed by atoms with E-state index in [2.05, 4.69) is 15.4 Å². The van der Waals surface area contributed by atoms with E-state index in [1.807, 2.05) is 14.0 Å². The highest BCUT2D eigenvalue weighted by Crippen LogP contribution is 2.37. The Bertz CT molecular complexity index is 1020. The van der Waals surface area contributed by atoms with Crippen LogP contribution in [0, 0.1) is 6.92 Å². The van der Waals surface area contributed by atoms with Crippen molar-refractivity contribution in [2.45, 2.75) is 13.3 Å². The fraction of sp³-hybridized carbons (Fsp3) is 0.278. The van der Waals surface area contributed by atoms with Crippen molar-refractivity contribution in [3.8, 4) is 11.5 Å². The molecule has 1 aliphatic heterocycles. The van der Waals surface area contributed by atoms with Crippen LogP contribution in [0.1, 0.15) is 22.5 Å². The molecule has 0 fully saturated rings. The van der Waals surface area contributed by atoms with Gasteiger partial charge < -0.3 is 14.8 Å². The number of nitrogens with one attached hydrogen (secondary N) is 1. The summed E-state index contributed by atoms with van der Waals surface area (Å²) in [5.41, 5.74) is 2.44. The smallest absolute Gasteiger partial charge is 0.257 e. The molecular weight excluding hydrogens is 356 g/mol. The van der Waals surface area contributed by atoms with Gasteiger partial charge in [0.15, 0.2) is 17.1 Å². The van der Waals surface area contributed by atoms with Crippen molar-refractivity contribution in [2.24, 2.45) is 7.05 Å². The van der Waals surface area contributed by atoms with Crippen LogP contribution in [-0.4, -0.2) is 33.9 Å². The van der Waals surface area contributed by atoms with Gasteiger partial charge in [0, 0.05) is 37.2 Å². The molecule has 3 aromatic rings. The molecule has 0 saturated heterocycles. The molecule has 0 unspecified atom stereocenters. The normalized spacial score (nSPS) is 13.5. The van der Waals surface area contributed by atoms with Gasteiger partial charge in [0.05, 0.1) is 35.2 Å². The van der Waals surface area contributed by atoms with Crippen LogP contribution in [0.15, 0.2) is 24.4 Å². The van der Waals surface area contributed by atoms with Crippen LogP contribution >= 0.6 is 11.6 Å². The quantitative estimate of drug-likeness (QED) is 0.746. The molecule has 1 aliphatic rings. The van der Waals surface area contributed by atoms with Gasteiger partial charge >= 0.3 is 0 Å². The third-order valence-electron chi connectivity index (χ3n) is 4.21. The molecule has 2 aromatic heterocycles. The summed E-state index contributed by atoms with van der Waals surface area (Å²) in [4.78, 5) is 17.0. The van der Waals surface area contributed by atoms with Crippen molar-refractivity contribution in [1.29, 1.82) is 0 Å². The fourth-order valence-corrected chi connectivity index (χ4v) is 3.11. The molecule has 7 nitrogen and oxygen atoms in total. The zero-order valence-corrected chi connectivity index (χ0v) is 15.1. The Kier molecular flexibility index (Phi) is 4.16. The van der Waals surface area contributed by atoms with Crippen molar-refractivity contribution in [2.75, 3.05) is 18.5 Å². The van der Waals surface area contributed by atoms with E-state index in [0.717, 1.165) is 23.1 Å². The van der Waals surface area contributed by atoms with Gasteiger partial charge in [0.1, 0.15) is 0 Å². The molecule has 3 heterocycles. The zero-order valence-electron chi connectivity index (χ0n) is 14.4. The largest absolute Gasteiger partial charge is 0.490 e. The number of carbonyl (C=O) groups excluding carboxylic acids is 1. The molecule has 0 spiro atoms. The number of benzene rings is 1. The second-order valence-corrected chi connectivity index (χ2v) is 6.49. The van der Waals surface area contributed by atoms with Crippen molar-refractivity contribution in [1.82, 2.24) is 14.8 Å². The summed E-state index contributed by atoms with van der Waals surface area (Å²) >= 11 is 6.29. The summed E-state index contributed by atoms with van der Waals surface area (Å²) in [7, 11) is 1.82. The number of aryl methyl sites for hydroxylation is 2. The van der Waals surface area contributed by atoms with E-state index in [-0.39, 0.29) is 5.91 Å². The predicted molar refractivity (Wildman–Crippen MR) is 98.3 cm³/mol. The van der Waals surface area contributed by atoms with Crippen LogP contribution in [0.4, 0.5) is 5.69 Å². The second kappa shape index (κ2) is 6.49. The van der Waals surface area contributed by atoms with Crippen LogP contribution in [0.2, 0.25) is 5.02 Å². The minimum absolute atomic E-state index is 0.306. The Hall–Kier alpha value is -2.80. The number of amides is 1. The van der Waals surface area contributed by atoms with Gasteiger partial charge in [-0.3, -0.25) is 9.48 Å². The Morgan fingerprint density at radius 1 is 1.23 bits per heavy atom. The molecule has 26 heavy (non-hydrogen) atoms. The Morgan fingerprint density at radius 3 is 2.73 bits per heavy atom. The molecule has 0 radical (unpaired) electrons. The number of hydrogen-bond donors (Lipinski definition) is 1. The van der Waals surface area contributed by atoms with Gasteiger partial charge in [-0.1, -0.05) is 11.6 Å². The van der Waals surface area contributed by atoms with Crippen molar-refractivity contribution in [3.05, 3.63) is 40.7 Å². The number of nitrogens with zero attached hydrogens (tertiary/aromatic N) is 3. The number of halogens is 1. The summed E-state index contributed by atoms with van der Waals surface area (Å²) in [6, 6.07) is 5.11. The molecule has 134 valence electrons. The average Bonchev–Trinajstić information content (AvgIpc) is 2.78. The maximum atomic E-state index is 12.7. The van der Waals surface area contributed by atoms with Gasteiger partial charge in [0.2, 0.25) is 0 Å². The standard InChI is InChI=1S/C18H17ClN4O3/c1-10-12-6-11(9-20-17(12)23(2)22-10)18(24)21-14-8-16-15(7-13(14)19)25-4-3-5-26-16/h6-9H,3-5H2,1-2H3,(H,21,24). The molecule has 4 rings (SSSR count). The Labute approximate surface area is 154 Å². The lowest BCUT2D eigenvalue weighted by Gasteiger charge is -2.12. The third kappa shape index (κ3) is 2.94. The highest BCUT2D eigenvalue weighted by Gasteiger charge is 2.17. The van der Waals surface area contributed by atoms with Crippen LogP contribution in [0.25, 0.3) is 11.0 Å². The topological polar surface area (TPSA) is 78.3 Å². The lowest BCUT2D eigenvalue weighted by molar-refractivity contribution is 0.102. The summed E-state index contributed by atoms with van der Waals surface area (Å²) in [6.07, 6.45) is 2.32. The number of fused-ring (bicyclic) bond motifs is 2. The van der Waals surface area contributed by atoms with Crippen molar-refractivity contribution >= 4 is 34.2 Å². The number of hydrogen-bond acceptors (Lipinski definition) is 5. The van der Waals surface area contributed by atoms with Gasteiger partial charge in [-0.25, -0.2) is 4.98 Å². The minimum Gasteiger partial charge on any atom is -0.490 e. The number of rotatable bonds is 2. The monoisotopic (exact) mass is 372 g/mol. The maximum absolute atomic E-state index is 12.7. The highest BCUT2D eigenvalue weighted by molar-refractivity contribution is 6.34. The van der Waals surface area contributed by atoms with E-state index in [4.69, 9.17) is 21.1 Å². The maximum Gasteiger partial charge on any atom is 0.257 e. The van der Waals surface area contributed by atoms with E-state index in [0.29, 0.717) is 41.0 Å². The van der Waals surface area contributed by atoms with Crippen LogP contribution in [0.3, 0.4) is 0 Å². The lowest BCUT2D eigenvalue weighted by atomic mass is 10.2. The molecule has 1 amide bonds. The first kappa shape index (κ1) is 16.7. The molecule has 0 aliphatic carbocycles. The van der Waals surface area contributed by atoms with Gasteiger partial charge in [-0.2, -0.15) is 5.10 Å². The number of carbonyl (C=O) groups is 1. The molecule has 1 aromatic carbocycles. The molecule has 0 atom stereocenters. The molecule has 0 bridgehead atoms. The molecule has 8 heteroatoms. The molecular formula is C18H17ClN4O3. The summed E-state index contributed by atoms with van der Waals surface area (Å²) in [5, 5.41) is 8.35. The zero-order chi connectivity index (χ0) is 18.3. The van der Waals surface area contributed by atoms with Crippen LogP contribution < -0.4 is 14.8 Å². The van der Waals surface area contributed by atoms with Gasteiger partial charge in [-0.15, -0.1) is 0 Å². The number of pyridine rings is 1. The third-order valence-corrected chi connectivity index (χ3v) is 4.52. The first-order valence-corrected chi connectivity index (χ1v) is 8.60. The van der Waals surface area contributed by atoms with Gasteiger partial charge in [0.25, 0.3) is 5.91 Å². The summed E-state index contributed by atoms with van der Waals surface area (Å²) < 4.78 is 12.9. The summed E-state index contributed by atoms with van der Waals surface area (Å²) in [6.45, 7) is 3.01. The van der Waals surface area contributed by atoms with Crippen LogP contribution in [-0.2, 0) is 7.05 Å². The van der Waals surface area contributed by atoms with Crippen LogP contribution in [0.5, 0.6) is 11.5 Å². The minimum atomic E-state index is -0.306. The number of aromatic nitrogens is 3. The molecule has 1 N–H and O–H groups in total. The predicted octanol–water partition coefficient (Wildman–Crippen LogP) is 3.34. The first-order chi connectivity index (χ1) is 12.5. The number of anilines is 1. The SMILES string of the molecule is Cc1nn(C)c2ncc(C(=O)Nc3cc4c(cc3Cl)OCCCO4)cc12. The van der Waals surface area contributed by atoms with Crippen molar-refractivity contribution < 1.29 is 14.3 Å². The van der Waals surface area contributed by atoms with Crippen molar-refractivity contribution in [3.63, 3.8) is 0 Å². The highest BCUT2D eigenvalue weighted by atomic mass is 35.5. The first-order valence-electron chi connectivity index (χ1n) is 8.23.